The molecule has 0 heterocycles. The van der Waals surface area contributed by atoms with E-state index in [9.17, 15) is 4.20 Å². The first-order valence-corrected chi connectivity index (χ1v) is 44.0. The Balaban J connectivity index is -0.000000215. The van der Waals surface area contributed by atoms with E-state index in [1.807, 2.05) is 28.0 Å². The molecule has 12 unspecified atom stereocenters. The lowest BCUT2D eigenvalue weighted by Gasteiger charge is -2.01. The standard InChI is InChI=1S/C19H34OP2.C15H28OP2.C14H26OP2.C9H18OP2.C4H10OP2.FH3P2/c1-17(2)11-9-13-19(4)15-10-14-18(3)12-7-5-6-8-16-20-22-21;1-13(2)7-5-8-14(3)9-6-10-15(4)11-12-16-18-17;1-13(2)9-8-11-14(3)10-6-4-5-7-12-15-17-16;1-9(2)7-5-3-4-6-8-10-12-11;1-2-3-4-5-7-6;1-3-2/h6,8,11-12,15,22H,5,7,9-10,13-14,16,21H2,1-4H3;7,9,11,18H,5-6,8,10,12,17H2,1-4H3;5,7,9-10,17H,4,6,8,11-12,16H2,1-3H3;4,6-7,12H,3,5,8,11H2,1-2H3;2-3,7H,4,6H2,1H3;3H,2H2/b8-6+,18-12+,19-15+;14-9+,15-11+;7-5+,14-10+;6-4+;3-2+;. The Morgan fingerprint density at radius 2 is 0.506 bits per heavy atom. The molecule has 460 valence electrons. The lowest BCUT2D eigenvalue weighted by molar-refractivity contribution is 0.422. The lowest BCUT2D eigenvalue weighted by Crippen LogP contribution is -1.83. The highest BCUT2D eigenvalue weighted by Gasteiger charge is 1.94. The summed E-state index contributed by atoms with van der Waals surface area (Å²) in [7, 11) is 16.9. The van der Waals surface area contributed by atoms with Crippen molar-refractivity contribution in [2.75, 3.05) is 33.0 Å². The average Bonchev–Trinajstić information content (AvgIpc) is 3.39. The monoisotopic (exact) mass is 1320 g/mol. The Bertz CT molecular complexity index is 1720. The van der Waals surface area contributed by atoms with Crippen LogP contribution in [0.1, 0.15) is 200 Å². The molecule has 79 heavy (non-hydrogen) atoms. The van der Waals surface area contributed by atoms with Crippen molar-refractivity contribution in [1.82, 2.24) is 0 Å². The predicted molar refractivity (Wildman–Crippen MR) is 402 cm³/mol. The summed E-state index contributed by atoms with van der Waals surface area (Å²) in [4.78, 5) is 0. The second-order valence-electron chi connectivity index (χ2n) is 19.0. The van der Waals surface area contributed by atoms with E-state index in [4.69, 9.17) is 22.6 Å². The molecule has 0 aromatic carbocycles. The van der Waals surface area contributed by atoms with Crippen molar-refractivity contribution in [3.63, 3.8) is 0 Å². The van der Waals surface area contributed by atoms with Crippen LogP contribution < -0.4 is 0 Å². The molecule has 0 bridgehead atoms. The summed E-state index contributed by atoms with van der Waals surface area (Å²) < 4.78 is 36.2. The molecule has 0 fully saturated rings. The van der Waals surface area contributed by atoms with Gasteiger partial charge >= 0.3 is 0 Å². The summed E-state index contributed by atoms with van der Waals surface area (Å²) in [5.74, 6) is 0. The maximum absolute atomic E-state index is 10.3. The normalized spacial score (nSPS) is 12.8. The topological polar surface area (TPSA) is 46.2 Å². The summed E-state index contributed by atoms with van der Waals surface area (Å²) in [5.41, 5.74) is 13.1. The second-order valence-corrected chi connectivity index (χ2v) is 26.1. The quantitative estimate of drug-likeness (QED) is 0.0349. The maximum atomic E-state index is 10.3. The SMILES string of the molecule is C/C=C/COPP.CC(C)=CCC/C(C)=C/CC/C(C)=C/CC/C=C/COPP.CC(C)=CCC/C(C)=C/CC/C(C)=C/COPP.CC(C)=CCC/C(C)=C/CC/C=C/COPP.CC(C)=CCC/C=C/COPP.FPP. The zero-order chi connectivity index (χ0) is 60.8. The molecular weight excluding hydrogens is 1200 g/mol. The number of hydrogen-bond acceptors (Lipinski definition) is 5. The van der Waals surface area contributed by atoms with Gasteiger partial charge in [-0.25, -0.2) is 4.20 Å². The van der Waals surface area contributed by atoms with Crippen LogP contribution in [0.5, 0.6) is 0 Å². The highest BCUT2D eigenvalue weighted by molar-refractivity contribution is 8.01. The largest absolute Gasteiger partial charge is 0.354 e. The first kappa shape index (κ1) is 91.7. The van der Waals surface area contributed by atoms with E-state index in [-0.39, 0.29) is 0 Å². The van der Waals surface area contributed by atoms with Crippen LogP contribution in [0.25, 0.3) is 0 Å². The van der Waals surface area contributed by atoms with E-state index < -0.39 is 8.58 Å². The van der Waals surface area contributed by atoms with Crippen molar-refractivity contribution in [2.24, 2.45) is 0 Å². The van der Waals surface area contributed by atoms with Crippen LogP contribution >= 0.6 is 105 Å². The Hall–Kier alpha value is 1.51. The van der Waals surface area contributed by atoms with Gasteiger partial charge in [0.25, 0.3) is 0 Å². The zero-order valence-corrected chi connectivity index (χ0v) is 65.0. The van der Waals surface area contributed by atoms with Crippen LogP contribution in [0.3, 0.4) is 0 Å². The van der Waals surface area contributed by atoms with E-state index in [1.54, 1.807) is 0 Å². The van der Waals surface area contributed by atoms with Gasteiger partial charge in [0.15, 0.2) is 0 Å². The molecular formula is C61H119FO5P12. The van der Waals surface area contributed by atoms with Gasteiger partial charge in [-0.15, -0.1) is 0 Å². The van der Waals surface area contributed by atoms with Gasteiger partial charge in [0.2, 0.25) is 0 Å². The molecule has 18 heteroatoms. The summed E-state index contributed by atoms with van der Waals surface area (Å²) in [6.07, 6.45) is 56.2. The van der Waals surface area contributed by atoms with Gasteiger partial charge in [0.1, 0.15) is 0 Å². The van der Waals surface area contributed by atoms with E-state index in [0.717, 1.165) is 84.4 Å². The minimum Gasteiger partial charge on any atom is -0.354 e. The number of unbranched alkanes of at least 4 members (excludes halogenated alkanes) is 3. The van der Waals surface area contributed by atoms with E-state index in [0.29, 0.717) is 42.5 Å². The van der Waals surface area contributed by atoms with Crippen molar-refractivity contribution >= 4 is 105 Å². The molecule has 0 spiro atoms. The van der Waals surface area contributed by atoms with Gasteiger partial charge in [0, 0.05) is 42.5 Å². The lowest BCUT2D eigenvalue weighted by atomic mass is 10.1. The molecule has 0 radical (unpaired) electrons. The van der Waals surface area contributed by atoms with E-state index >= 15 is 0 Å². The summed E-state index contributed by atoms with van der Waals surface area (Å²) in [5, 5.41) is 0. The molecule has 0 saturated heterocycles. The van der Waals surface area contributed by atoms with Gasteiger partial charge in [0.05, 0.1) is 41.6 Å². The molecule has 0 aliphatic rings. The fourth-order valence-corrected chi connectivity index (χ4v) is 8.35. The minimum atomic E-state index is -0.500. The van der Waals surface area contributed by atoms with Crippen LogP contribution in [-0.4, -0.2) is 33.0 Å². The first-order chi connectivity index (χ1) is 37.9. The average molecular weight is 1320 g/mol. The highest BCUT2D eigenvalue weighted by atomic mass is 32.0. The second kappa shape index (κ2) is 81.6. The molecule has 0 aromatic heterocycles. The molecule has 0 aromatic rings. The Kier molecular flexibility index (Phi) is 94.7. The van der Waals surface area contributed by atoms with Crippen molar-refractivity contribution in [2.45, 2.75) is 200 Å². The van der Waals surface area contributed by atoms with Gasteiger partial charge < -0.3 is 22.6 Å². The number of hydrogen-bond donors (Lipinski definition) is 0. The van der Waals surface area contributed by atoms with Crippen LogP contribution in [0.4, 0.5) is 4.20 Å². The van der Waals surface area contributed by atoms with E-state index in [2.05, 4.69) is 226 Å². The Morgan fingerprint density at radius 3 is 0.772 bits per heavy atom. The Morgan fingerprint density at radius 1 is 0.291 bits per heavy atom. The third-order valence-electron chi connectivity index (χ3n) is 10.3. The molecule has 0 N–H and O–H groups in total. The van der Waals surface area contributed by atoms with Crippen LogP contribution in [0.2, 0.25) is 0 Å². The van der Waals surface area contributed by atoms with Crippen molar-refractivity contribution in [3.05, 3.63) is 153 Å². The molecule has 5 nitrogen and oxygen atoms in total. The van der Waals surface area contributed by atoms with Crippen molar-refractivity contribution < 1.29 is 26.8 Å². The zero-order valence-electron chi connectivity index (χ0n) is 52.0. The van der Waals surface area contributed by atoms with Crippen LogP contribution in [-0.2, 0) is 22.6 Å². The number of allylic oxidation sites excluding steroid dienone is 21. The van der Waals surface area contributed by atoms with Gasteiger partial charge in [-0.05, 0) is 200 Å². The van der Waals surface area contributed by atoms with E-state index in [1.165, 1.54) is 102 Å². The maximum Gasteiger partial charge on any atom is 0.0846 e. The summed E-state index contributed by atoms with van der Waals surface area (Å²) in [6.45, 7) is 34.0. The highest BCUT2D eigenvalue weighted by Crippen LogP contribution is 2.23. The third kappa shape index (κ3) is 105. The fourth-order valence-electron chi connectivity index (χ4n) is 5.96. The number of halogens is 1. The van der Waals surface area contributed by atoms with Gasteiger partial charge in [-0.3, -0.25) is 0 Å². The van der Waals surface area contributed by atoms with Crippen molar-refractivity contribution in [3.8, 4) is 0 Å². The van der Waals surface area contributed by atoms with Crippen LogP contribution in [0, 0.1) is 0 Å². The molecule has 0 amide bonds. The smallest absolute Gasteiger partial charge is 0.0846 e. The fraction of sp³-hybridized carbons (Fsp3) is 0.574. The predicted octanol–water partition coefficient (Wildman–Crippen LogP) is 25.4. The van der Waals surface area contributed by atoms with Crippen LogP contribution in [0.15, 0.2) is 153 Å². The van der Waals surface area contributed by atoms with Gasteiger partial charge in [-0.1, -0.05) is 207 Å². The Labute approximate surface area is 514 Å². The number of rotatable bonds is 39. The molecule has 0 aliphatic carbocycles. The third-order valence-corrected chi connectivity index (χ3v) is 14.4. The summed E-state index contributed by atoms with van der Waals surface area (Å²) in [6, 6.07) is 0. The summed E-state index contributed by atoms with van der Waals surface area (Å²) >= 11 is 0. The van der Waals surface area contributed by atoms with Crippen molar-refractivity contribution in [1.29, 1.82) is 0 Å². The molecule has 0 rings (SSSR count). The first-order valence-electron chi connectivity index (χ1n) is 27.7. The molecule has 0 saturated carbocycles. The minimum absolute atomic E-state index is 0.500. The molecule has 0 aliphatic heterocycles. The molecule has 12 atom stereocenters. The van der Waals surface area contributed by atoms with Gasteiger partial charge in [-0.2, -0.15) is 0 Å².